The van der Waals surface area contributed by atoms with Gasteiger partial charge in [-0.15, -0.1) is 0 Å². The van der Waals surface area contributed by atoms with Crippen LogP contribution in [0.25, 0.3) is 11.1 Å². The third-order valence-electron chi connectivity index (χ3n) is 4.71. The van der Waals surface area contributed by atoms with Gasteiger partial charge in [0.2, 0.25) is 0 Å². The molecular formula is C26H20O3. The first kappa shape index (κ1) is 18.7. The molecule has 0 saturated heterocycles. The number of carbonyl (C=O) groups excluding carboxylic acids is 1. The predicted octanol–water partition coefficient (Wildman–Crippen LogP) is 6.06. The molecule has 0 heterocycles. The molecular weight excluding hydrogens is 360 g/mol. The smallest absolute Gasteiger partial charge is 0.199 e. The van der Waals surface area contributed by atoms with Gasteiger partial charge in [-0.25, -0.2) is 0 Å². The van der Waals surface area contributed by atoms with E-state index in [2.05, 4.69) is 12.1 Å². The lowest BCUT2D eigenvalue weighted by Crippen LogP contribution is -2.13. The van der Waals surface area contributed by atoms with Crippen molar-refractivity contribution < 1.29 is 14.6 Å². The number of aliphatic hydroxyl groups excluding tert-OH is 1. The zero-order valence-electron chi connectivity index (χ0n) is 15.7. The lowest BCUT2D eigenvalue weighted by Gasteiger charge is -2.14. The molecule has 0 saturated carbocycles. The van der Waals surface area contributed by atoms with Crippen LogP contribution in [0, 0.1) is 0 Å². The van der Waals surface area contributed by atoms with Crippen molar-refractivity contribution in [3.8, 4) is 22.6 Å². The van der Waals surface area contributed by atoms with Gasteiger partial charge in [-0.2, -0.15) is 0 Å². The first-order chi connectivity index (χ1) is 14.2. The summed E-state index contributed by atoms with van der Waals surface area (Å²) in [4.78, 5) is 12.9. The lowest BCUT2D eigenvalue weighted by molar-refractivity contribution is 0.0745. The molecule has 4 aromatic rings. The second kappa shape index (κ2) is 8.55. The molecule has 0 amide bonds. The van der Waals surface area contributed by atoms with Crippen molar-refractivity contribution in [1.82, 2.24) is 0 Å². The summed E-state index contributed by atoms with van der Waals surface area (Å²) in [5.74, 6) is 0.645. The number of carbonyl (C=O) groups is 1. The Kier molecular flexibility index (Phi) is 5.50. The minimum atomic E-state index is -1.23. The molecule has 0 aliphatic carbocycles. The third-order valence-corrected chi connectivity index (χ3v) is 4.71. The Labute approximate surface area is 169 Å². The van der Waals surface area contributed by atoms with Crippen LogP contribution >= 0.6 is 0 Å². The van der Waals surface area contributed by atoms with Gasteiger partial charge < -0.3 is 9.84 Å². The summed E-state index contributed by atoms with van der Waals surface area (Å²) in [7, 11) is 0. The van der Waals surface area contributed by atoms with Crippen LogP contribution in [-0.2, 0) is 0 Å². The van der Waals surface area contributed by atoms with Crippen LogP contribution in [0.4, 0.5) is 0 Å². The number of Topliss-reactive ketones (excluding diaryl/α,β-unsaturated/α-hetero) is 1. The number of para-hydroxylation sites is 1. The Hall–Kier alpha value is -3.69. The van der Waals surface area contributed by atoms with Crippen molar-refractivity contribution in [3.63, 3.8) is 0 Å². The summed E-state index contributed by atoms with van der Waals surface area (Å²) in [6.45, 7) is 0. The highest BCUT2D eigenvalue weighted by molar-refractivity contribution is 6.02. The van der Waals surface area contributed by atoms with E-state index in [1.807, 2.05) is 48.5 Å². The highest BCUT2D eigenvalue weighted by Gasteiger charge is 2.22. The summed E-state index contributed by atoms with van der Waals surface area (Å²) in [6.07, 6.45) is -1.23. The van der Waals surface area contributed by atoms with Crippen LogP contribution in [0.2, 0.25) is 0 Å². The van der Waals surface area contributed by atoms with Crippen LogP contribution in [0.5, 0.6) is 11.5 Å². The molecule has 4 aromatic carbocycles. The summed E-state index contributed by atoms with van der Waals surface area (Å²) in [6, 6.07) is 33.6. The van der Waals surface area contributed by atoms with Gasteiger partial charge in [-0.3, -0.25) is 4.79 Å². The van der Waals surface area contributed by atoms with E-state index in [9.17, 15) is 9.90 Å². The molecule has 0 radical (unpaired) electrons. The Morgan fingerprint density at radius 1 is 0.655 bits per heavy atom. The van der Waals surface area contributed by atoms with Crippen molar-refractivity contribution in [1.29, 1.82) is 0 Å². The quantitative estimate of drug-likeness (QED) is 0.413. The number of ether oxygens (including phenoxy) is 1. The average Bonchev–Trinajstić information content (AvgIpc) is 2.80. The minimum Gasteiger partial charge on any atom is -0.457 e. The molecule has 1 N–H and O–H groups in total. The highest BCUT2D eigenvalue weighted by atomic mass is 16.5. The second-order valence-corrected chi connectivity index (χ2v) is 6.67. The summed E-state index contributed by atoms with van der Waals surface area (Å²) < 4.78 is 5.98. The van der Waals surface area contributed by atoms with Crippen LogP contribution in [0.1, 0.15) is 22.0 Å². The molecule has 3 nitrogen and oxygen atoms in total. The van der Waals surface area contributed by atoms with Crippen LogP contribution in [-0.4, -0.2) is 10.9 Å². The number of rotatable bonds is 6. The Morgan fingerprint density at radius 2 is 1.21 bits per heavy atom. The fraction of sp³-hybridized carbons (Fsp3) is 0.0385. The topological polar surface area (TPSA) is 46.5 Å². The van der Waals surface area contributed by atoms with Crippen molar-refractivity contribution in [3.05, 3.63) is 120 Å². The summed E-state index contributed by atoms with van der Waals surface area (Å²) in [5.41, 5.74) is 3.11. The number of aliphatic hydroxyl groups is 1. The third kappa shape index (κ3) is 4.26. The number of benzene rings is 4. The van der Waals surface area contributed by atoms with Gasteiger partial charge in [0.1, 0.15) is 17.6 Å². The number of hydrogen-bond donors (Lipinski definition) is 1. The lowest BCUT2D eigenvalue weighted by atomic mass is 9.99. The van der Waals surface area contributed by atoms with E-state index in [4.69, 9.17) is 4.74 Å². The van der Waals surface area contributed by atoms with Gasteiger partial charge in [0, 0.05) is 0 Å². The normalized spacial score (nSPS) is 11.6. The maximum absolute atomic E-state index is 12.9. The first-order valence-electron chi connectivity index (χ1n) is 9.42. The summed E-state index contributed by atoms with van der Waals surface area (Å²) >= 11 is 0. The molecule has 0 fully saturated rings. The molecule has 4 rings (SSSR count). The Bertz CT molecular complexity index is 1090. The van der Waals surface area contributed by atoms with Crippen molar-refractivity contribution in [2.24, 2.45) is 0 Å². The van der Waals surface area contributed by atoms with Crippen LogP contribution < -0.4 is 4.74 Å². The Balaban J connectivity index is 1.56. The molecule has 1 unspecified atom stereocenters. The fourth-order valence-corrected chi connectivity index (χ4v) is 3.17. The molecule has 0 bridgehead atoms. The van der Waals surface area contributed by atoms with Gasteiger partial charge in [0.05, 0.1) is 5.56 Å². The number of hydrogen-bond acceptors (Lipinski definition) is 3. The minimum absolute atomic E-state index is 0.344. The fourth-order valence-electron chi connectivity index (χ4n) is 3.17. The largest absolute Gasteiger partial charge is 0.457 e. The zero-order chi connectivity index (χ0) is 20.1. The van der Waals surface area contributed by atoms with Crippen molar-refractivity contribution in [2.75, 3.05) is 0 Å². The van der Waals surface area contributed by atoms with E-state index in [1.54, 1.807) is 48.5 Å². The first-order valence-corrected chi connectivity index (χ1v) is 9.42. The monoisotopic (exact) mass is 380 g/mol. The standard InChI is InChI=1S/C26H20O3/c27-25(21-11-5-2-6-12-21)26(28)23-13-7-8-14-24(23)29-22-17-15-20(16-18-22)19-9-3-1-4-10-19/h1-18,25,27H. The molecule has 0 aliphatic heterocycles. The highest BCUT2D eigenvalue weighted by Crippen LogP contribution is 2.30. The van der Waals surface area contributed by atoms with E-state index in [-0.39, 0.29) is 0 Å². The SMILES string of the molecule is O=C(c1ccccc1Oc1ccc(-c2ccccc2)cc1)C(O)c1ccccc1. The molecule has 142 valence electrons. The molecule has 0 spiro atoms. The maximum atomic E-state index is 12.9. The van der Waals surface area contributed by atoms with E-state index in [0.29, 0.717) is 22.6 Å². The van der Waals surface area contributed by atoms with Gasteiger partial charge in [-0.1, -0.05) is 84.9 Å². The molecule has 1 atom stereocenters. The average molecular weight is 380 g/mol. The van der Waals surface area contributed by atoms with E-state index in [0.717, 1.165) is 11.1 Å². The van der Waals surface area contributed by atoms with Gasteiger partial charge >= 0.3 is 0 Å². The maximum Gasteiger partial charge on any atom is 0.199 e. The molecule has 3 heteroatoms. The van der Waals surface area contributed by atoms with Crippen LogP contribution in [0.15, 0.2) is 109 Å². The van der Waals surface area contributed by atoms with E-state index >= 15 is 0 Å². The van der Waals surface area contributed by atoms with Crippen molar-refractivity contribution >= 4 is 5.78 Å². The number of ketones is 1. The van der Waals surface area contributed by atoms with E-state index < -0.39 is 11.9 Å². The van der Waals surface area contributed by atoms with E-state index in [1.165, 1.54) is 0 Å². The Morgan fingerprint density at radius 3 is 1.90 bits per heavy atom. The predicted molar refractivity (Wildman–Crippen MR) is 114 cm³/mol. The van der Waals surface area contributed by atoms with Crippen LogP contribution in [0.3, 0.4) is 0 Å². The van der Waals surface area contributed by atoms with Gasteiger partial charge in [0.15, 0.2) is 5.78 Å². The zero-order valence-corrected chi connectivity index (χ0v) is 15.7. The molecule has 0 aliphatic rings. The van der Waals surface area contributed by atoms with Crippen molar-refractivity contribution in [2.45, 2.75) is 6.10 Å². The second-order valence-electron chi connectivity index (χ2n) is 6.67. The summed E-state index contributed by atoms with van der Waals surface area (Å²) in [5, 5.41) is 10.5. The molecule has 0 aromatic heterocycles. The molecule has 29 heavy (non-hydrogen) atoms. The van der Waals surface area contributed by atoms with Gasteiger partial charge in [0.25, 0.3) is 0 Å². The van der Waals surface area contributed by atoms with Gasteiger partial charge in [-0.05, 0) is 41.0 Å².